The van der Waals surface area contributed by atoms with Gasteiger partial charge in [0.2, 0.25) is 10.0 Å². The van der Waals surface area contributed by atoms with Gasteiger partial charge in [0.1, 0.15) is 0 Å². The Morgan fingerprint density at radius 3 is 2.48 bits per heavy atom. The summed E-state index contributed by atoms with van der Waals surface area (Å²) in [5, 5.41) is 8.10. The van der Waals surface area contributed by atoms with Crippen LogP contribution < -0.4 is 10.5 Å². The molecule has 0 spiro atoms. The highest BCUT2D eigenvalue weighted by atomic mass is 32.2. The molecule has 0 radical (unpaired) electrons. The van der Waals surface area contributed by atoms with Gasteiger partial charge in [-0.25, -0.2) is 13.6 Å². The summed E-state index contributed by atoms with van der Waals surface area (Å²) >= 11 is 0. The van der Waals surface area contributed by atoms with Crippen LogP contribution in [0.2, 0.25) is 0 Å². The van der Waals surface area contributed by atoms with Gasteiger partial charge in [0.15, 0.2) is 0 Å². The highest BCUT2D eigenvalue weighted by Crippen LogP contribution is 2.20. The van der Waals surface area contributed by atoms with Gasteiger partial charge in [-0.1, -0.05) is 18.2 Å². The normalized spacial score (nSPS) is 11.8. The van der Waals surface area contributed by atoms with Crippen molar-refractivity contribution in [3.8, 4) is 5.69 Å². The van der Waals surface area contributed by atoms with Crippen molar-refractivity contribution >= 4 is 10.0 Å². The standard InChI is InChI=1S/C15H21N3O2S/c1-12-10-14(11-17-8-9-21(16,19)20)13(2)18(12)15-6-4-3-5-7-15/h3-7,10,17H,8-9,11H2,1-2H3,(H2,16,19,20). The molecule has 3 N–H and O–H groups in total. The first kappa shape index (κ1) is 15.8. The Balaban J connectivity index is 2.09. The number of benzene rings is 1. The maximum atomic E-state index is 10.9. The summed E-state index contributed by atoms with van der Waals surface area (Å²) in [6.45, 7) is 5.11. The number of sulfonamides is 1. The molecular weight excluding hydrogens is 286 g/mol. The van der Waals surface area contributed by atoms with E-state index in [1.165, 1.54) is 0 Å². The molecule has 0 fully saturated rings. The van der Waals surface area contributed by atoms with Crippen LogP contribution in [0.4, 0.5) is 0 Å². The van der Waals surface area contributed by atoms with Gasteiger partial charge in [0, 0.05) is 30.2 Å². The number of nitrogens with one attached hydrogen (secondary N) is 1. The van der Waals surface area contributed by atoms with E-state index >= 15 is 0 Å². The van der Waals surface area contributed by atoms with E-state index in [1.807, 2.05) is 18.2 Å². The Morgan fingerprint density at radius 2 is 1.86 bits per heavy atom. The van der Waals surface area contributed by atoms with Crippen LogP contribution in [0.5, 0.6) is 0 Å². The fourth-order valence-corrected chi connectivity index (χ4v) is 2.85. The second-order valence-electron chi connectivity index (χ2n) is 5.11. The van der Waals surface area contributed by atoms with Crippen molar-refractivity contribution in [1.82, 2.24) is 9.88 Å². The van der Waals surface area contributed by atoms with Crippen molar-refractivity contribution in [2.75, 3.05) is 12.3 Å². The van der Waals surface area contributed by atoms with Crippen LogP contribution in [0.25, 0.3) is 5.69 Å². The first-order chi connectivity index (χ1) is 9.88. The molecule has 0 unspecified atom stereocenters. The molecule has 1 heterocycles. The number of hydrogen-bond donors (Lipinski definition) is 2. The van der Waals surface area contributed by atoms with Crippen LogP contribution >= 0.6 is 0 Å². The molecule has 0 aliphatic rings. The fourth-order valence-electron chi connectivity index (χ4n) is 2.42. The highest BCUT2D eigenvalue weighted by Gasteiger charge is 2.10. The van der Waals surface area contributed by atoms with Crippen molar-refractivity contribution in [3.05, 3.63) is 53.3 Å². The van der Waals surface area contributed by atoms with Crippen molar-refractivity contribution in [3.63, 3.8) is 0 Å². The van der Waals surface area contributed by atoms with Gasteiger partial charge in [-0.05, 0) is 37.6 Å². The van der Waals surface area contributed by atoms with E-state index in [9.17, 15) is 8.42 Å². The lowest BCUT2D eigenvalue weighted by atomic mass is 10.2. The monoisotopic (exact) mass is 307 g/mol. The van der Waals surface area contributed by atoms with E-state index < -0.39 is 10.0 Å². The van der Waals surface area contributed by atoms with Gasteiger partial charge in [-0.3, -0.25) is 0 Å². The average Bonchev–Trinajstić information content (AvgIpc) is 2.69. The second-order valence-corrected chi connectivity index (χ2v) is 6.85. The Labute approximate surface area is 125 Å². The third-order valence-electron chi connectivity index (χ3n) is 3.43. The van der Waals surface area contributed by atoms with E-state index in [0.29, 0.717) is 13.1 Å². The predicted octanol–water partition coefficient (Wildman–Crippen LogP) is 1.47. The summed E-state index contributed by atoms with van der Waals surface area (Å²) in [7, 11) is -3.40. The topological polar surface area (TPSA) is 77.1 Å². The molecule has 1 aromatic heterocycles. The molecule has 0 amide bonds. The van der Waals surface area contributed by atoms with E-state index in [-0.39, 0.29) is 5.75 Å². The van der Waals surface area contributed by atoms with Crippen LogP contribution in [0.15, 0.2) is 36.4 Å². The van der Waals surface area contributed by atoms with E-state index in [4.69, 9.17) is 5.14 Å². The van der Waals surface area contributed by atoms with Gasteiger partial charge in [0.25, 0.3) is 0 Å². The lowest BCUT2D eigenvalue weighted by molar-refractivity contribution is 0.592. The number of rotatable bonds is 6. The molecule has 0 aliphatic carbocycles. The molecule has 114 valence electrons. The van der Waals surface area contributed by atoms with E-state index in [2.05, 4.69) is 41.9 Å². The lowest BCUT2D eigenvalue weighted by Gasteiger charge is -2.10. The number of hydrogen-bond acceptors (Lipinski definition) is 3. The Bertz CT molecular complexity index is 706. The zero-order valence-electron chi connectivity index (χ0n) is 12.3. The molecule has 2 aromatic rings. The SMILES string of the molecule is Cc1cc(CNCCS(N)(=O)=O)c(C)n1-c1ccccc1. The number of primary sulfonamides is 1. The Hall–Kier alpha value is -1.63. The molecule has 5 nitrogen and oxygen atoms in total. The van der Waals surface area contributed by atoms with E-state index in [1.54, 1.807) is 0 Å². The van der Waals surface area contributed by atoms with Crippen molar-refractivity contribution < 1.29 is 8.42 Å². The summed E-state index contributed by atoms with van der Waals surface area (Å²) in [6, 6.07) is 12.3. The molecule has 1 aromatic carbocycles. The Morgan fingerprint density at radius 1 is 1.19 bits per heavy atom. The third kappa shape index (κ3) is 4.17. The van der Waals surface area contributed by atoms with Crippen molar-refractivity contribution in [1.29, 1.82) is 0 Å². The predicted molar refractivity (Wildman–Crippen MR) is 84.9 cm³/mol. The van der Waals surface area contributed by atoms with Crippen molar-refractivity contribution in [2.45, 2.75) is 20.4 Å². The maximum absolute atomic E-state index is 10.9. The number of aryl methyl sites for hydroxylation is 1. The van der Waals surface area contributed by atoms with Gasteiger partial charge in [0.05, 0.1) is 5.75 Å². The van der Waals surface area contributed by atoms with Gasteiger partial charge < -0.3 is 9.88 Å². The largest absolute Gasteiger partial charge is 0.318 e. The minimum atomic E-state index is -3.40. The smallest absolute Gasteiger partial charge is 0.210 e. The van der Waals surface area contributed by atoms with Crippen LogP contribution in [0.3, 0.4) is 0 Å². The molecule has 21 heavy (non-hydrogen) atoms. The molecular formula is C15H21N3O2S. The summed E-state index contributed by atoms with van der Waals surface area (Å²) in [6.07, 6.45) is 0. The minimum absolute atomic E-state index is 0.0512. The lowest BCUT2D eigenvalue weighted by Crippen LogP contribution is -2.26. The summed E-state index contributed by atoms with van der Waals surface area (Å²) < 4.78 is 24.0. The molecule has 2 rings (SSSR count). The Kier molecular flexibility index (Phi) is 4.82. The number of para-hydroxylation sites is 1. The third-order valence-corrected chi connectivity index (χ3v) is 4.20. The molecule has 6 heteroatoms. The molecule has 0 saturated carbocycles. The second kappa shape index (κ2) is 6.43. The first-order valence-electron chi connectivity index (χ1n) is 6.83. The van der Waals surface area contributed by atoms with Gasteiger partial charge in [-0.15, -0.1) is 0 Å². The molecule has 0 saturated heterocycles. The zero-order valence-corrected chi connectivity index (χ0v) is 13.2. The summed E-state index contributed by atoms with van der Waals surface area (Å²) in [4.78, 5) is 0. The van der Waals surface area contributed by atoms with Crippen LogP contribution in [-0.4, -0.2) is 25.3 Å². The van der Waals surface area contributed by atoms with Crippen LogP contribution in [0.1, 0.15) is 17.0 Å². The molecule has 0 atom stereocenters. The van der Waals surface area contributed by atoms with Crippen molar-refractivity contribution in [2.24, 2.45) is 5.14 Å². The fraction of sp³-hybridized carbons (Fsp3) is 0.333. The zero-order chi connectivity index (χ0) is 15.5. The van der Waals surface area contributed by atoms with Crippen LogP contribution in [0, 0.1) is 13.8 Å². The maximum Gasteiger partial charge on any atom is 0.210 e. The first-order valence-corrected chi connectivity index (χ1v) is 8.54. The number of aromatic nitrogens is 1. The molecule has 0 bridgehead atoms. The molecule has 0 aliphatic heterocycles. The van der Waals surface area contributed by atoms with Gasteiger partial charge in [-0.2, -0.15) is 0 Å². The number of nitrogens with two attached hydrogens (primary N) is 1. The average molecular weight is 307 g/mol. The van der Waals surface area contributed by atoms with Crippen LogP contribution in [-0.2, 0) is 16.6 Å². The summed E-state index contributed by atoms with van der Waals surface area (Å²) in [5.74, 6) is -0.0512. The quantitative estimate of drug-likeness (QED) is 0.793. The van der Waals surface area contributed by atoms with Gasteiger partial charge >= 0.3 is 0 Å². The summed E-state index contributed by atoms with van der Waals surface area (Å²) in [5.41, 5.74) is 4.60. The minimum Gasteiger partial charge on any atom is -0.318 e. The highest BCUT2D eigenvalue weighted by molar-refractivity contribution is 7.89. The van der Waals surface area contributed by atoms with E-state index in [0.717, 1.165) is 22.6 Å². The number of nitrogens with zero attached hydrogens (tertiary/aromatic N) is 1.